The van der Waals surface area contributed by atoms with Crippen molar-refractivity contribution in [1.29, 1.82) is 0 Å². The Morgan fingerprint density at radius 3 is 1.33 bits per heavy atom. The number of phosphoric acid groups is 1. The van der Waals surface area contributed by atoms with Crippen molar-refractivity contribution in [1.82, 2.24) is 0 Å². The van der Waals surface area contributed by atoms with Gasteiger partial charge in [-0.25, -0.2) is 4.57 Å². The summed E-state index contributed by atoms with van der Waals surface area (Å²) < 4.78 is 34.1. The normalized spacial score (nSPS) is 14.0. The molecule has 0 aliphatic heterocycles. The first kappa shape index (κ1) is 48.5. The highest BCUT2D eigenvalue weighted by molar-refractivity contribution is 7.47. The van der Waals surface area contributed by atoms with Gasteiger partial charge < -0.3 is 20.1 Å². The SMILES string of the molecule is CCCCCCCC/C=C\CCCCCCCCOC[C@H](COP(=O)(O)OCCN)OCCCCCCCC/C=C\CCCCCCCC. The van der Waals surface area contributed by atoms with Crippen molar-refractivity contribution in [2.45, 2.75) is 200 Å². The molecule has 0 rings (SSSR count). The number of ether oxygens (including phenoxy) is 2. The highest BCUT2D eigenvalue weighted by atomic mass is 31.2. The summed E-state index contributed by atoms with van der Waals surface area (Å²) >= 11 is 0. The van der Waals surface area contributed by atoms with Crippen molar-refractivity contribution in [3.05, 3.63) is 24.3 Å². The first-order valence-electron chi connectivity index (χ1n) is 20.9. The summed E-state index contributed by atoms with van der Waals surface area (Å²) in [5, 5.41) is 0. The van der Waals surface area contributed by atoms with Crippen LogP contribution in [0.2, 0.25) is 0 Å². The maximum atomic E-state index is 12.1. The molecule has 0 amide bonds. The average Bonchev–Trinajstić information content (AvgIpc) is 3.10. The van der Waals surface area contributed by atoms with Gasteiger partial charge in [0.15, 0.2) is 0 Å². The maximum Gasteiger partial charge on any atom is 0.472 e. The first-order valence-corrected chi connectivity index (χ1v) is 22.4. The van der Waals surface area contributed by atoms with Crippen LogP contribution in [0.1, 0.15) is 194 Å². The third-order valence-electron chi connectivity index (χ3n) is 8.91. The number of allylic oxidation sites excluding steroid dienone is 4. The Balaban J connectivity index is 3.93. The zero-order valence-electron chi connectivity index (χ0n) is 32.4. The molecule has 0 aliphatic carbocycles. The van der Waals surface area contributed by atoms with E-state index in [2.05, 4.69) is 38.2 Å². The van der Waals surface area contributed by atoms with Crippen LogP contribution >= 0.6 is 7.82 Å². The molecule has 0 radical (unpaired) electrons. The summed E-state index contributed by atoms with van der Waals surface area (Å²) in [5.74, 6) is 0. The van der Waals surface area contributed by atoms with Crippen LogP contribution in [0.4, 0.5) is 0 Å². The second kappa shape index (κ2) is 40.2. The van der Waals surface area contributed by atoms with E-state index in [0.717, 1.165) is 25.7 Å². The summed E-state index contributed by atoms with van der Waals surface area (Å²) in [5.41, 5.74) is 5.39. The summed E-state index contributed by atoms with van der Waals surface area (Å²) in [6, 6.07) is 0. The van der Waals surface area contributed by atoms with Crippen LogP contribution in [-0.2, 0) is 23.1 Å². The molecule has 0 spiro atoms. The van der Waals surface area contributed by atoms with Crippen molar-refractivity contribution in [3.63, 3.8) is 0 Å². The lowest BCUT2D eigenvalue weighted by atomic mass is 10.1. The molecule has 0 aromatic carbocycles. The maximum absolute atomic E-state index is 12.1. The van der Waals surface area contributed by atoms with Gasteiger partial charge in [-0.05, 0) is 64.2 Å². The molecule has 0 aromatic rings. The van der Waals surface area contributed by atoms with E-state index in [0.29, 0.717) is 19.8 Å². The van der Waals surface area contributed by atoms with Gasteiger partial charge in [0.25, 0.3) is 0 Å². The zero-order chi connectivity index (χ0) is 35.8. The van der Waals surface area contributed by atoms with Gasteiger partial charge in [0.05, 0.1) is 19.8 Å². The van der Waals surface area contributed by atoms with Crippen molar-refractivity contribution >= 4 is 7.82 Å². The molecule has 292 valence electrons. The summed E-state index contributed by atoms with van der Waals surface area (Å²) in [7, 11) is -4.14. The number of rotatable bonds is 41. The second-order valence-electron chi connectivity index (χ2n) is 13.8. The Morgan fingerprint density at radius 1 is 0.510 bits per heavy atom. The van der Waals surface area contributed by atoms with Crippen molar-refractivity contribution < 1.29 is 28.0 Å². The largest absolute Gasteiger partial charge is 0.472 e. The lowest BCUT2D eigenvalue weighted by Crippen LogP contribution is -2.26. The molecular formula is C41H82NO6P. The van der Waals surface area contributed by atoms with Crippen molar-refractivity contribution in [2.24, 2.45) is 5.73 Å². The quantitative estimate of drug-likeness (QED) is 0.0369. The van der Waals surface area contributed by atoms with E-state index in [1.807, 2.05) is 0 Å². The van der Waals surface area contributed by atoms with Gasteiger partial charge in [-0.1, -0.05) is 154 Å². The van der Waals surface area contributed by atoms with Crippen LogP contribution in [0.25, 0.3) is 0 Å². The summed E-state index contributed by atoms with van der Waals surface area (Å²) in [6.45, 7) is 6.22. The van der Waals surface area contributed by atoms with Crippen LogP contribution in [0.5, 0.6) is 0 Å². The molecular weight excluding hydrogens is 633 g/mol. The summed E-state index contributed by atoms with van der Waals surface area (Å²) in [6.07, 6.45) is 44.7. The molecule has 3 N–H and O–H groups in total. The Morgan fingerprint density at radius 2 is 0.898 bits per heavy atom. The molecule has 0 saturated heterocycles. The van der Waals surface area contributed by atoms with Crippen LogP contribution < -0.4 is 5.73 Å². The molecule has 0 bridgehead atoms. The highest BCUT2D eigenvalue weighted by Crippen LogP contribution is 2.43. The van der Waals surface area contributed by atoms with E-state index in [1.165, 1.54) is 154 Å². The fourth-order valence-electron chi connectivity index (χ4n) is 5.79. The van der Waals surface area contributed by atoms with Gasteiger partial charge in [0.1, 0.15) is 6.10 Å². The topological polar surface area (TPSA) is 100 Å². The van der Waals surface area contributed by atoms with E-state index in [4.69, 9.17) is 24.3 Å². The Kier molecular flexibility index (Phi) is 39.8. The molecule has 1 unspecified atom stereocenters. The first-order chi connectivity index (χ1) is 24.1. The molecule has 49 heavy (non-hydrogen) atoms. The predicted molar refractivity (Wildman–Crippen MR) is 210 cm³/mol. The van der Waals surface area contributed by atoms with E-state index in [1.54, 1.807) is 0 Å². The van der Waals surface area contributed by atoms with E-state index in [-0.39, 0.29) is 19.8 Å². The fourth-order valence-corrected chi connectivity index (χ4v) is 6.56. The molecule has 0 aliphatic rings. The third kappa shape index (κ3) is 40.1. The van der Waals surface area contributed by atoms with Crippen molar-refractivity contribution in [3.8, 4) is 0 Å². The predicted octanol–water partition coefficient (Wildman–Crippen LogP) is 12.6. The van der Waals surface area contributed by atoms with Gasteiger partial charge in [-0.2, -0.15) is 0 Å². The molecule has 2 atom stereocenters. The minimum atomic E-state index is -4.14. The standard InChI is InChI=1S/C41H82NO6P/c1-3-5-7-9-11-13-15-17-19-21-23-25-27-29-31-33-36-45-39-41(40-48-49(43,44)47-38-35-42)46-37-34-32-30-28-26-24-22-20-18-16-14-12-10-8-6-4-2/h17-20,41H,3-16,21-40,42H2,1-2H3,(H,43,44)/b19-17-,20-18-/t41-/m1/s1. The van der Waals surface area contributed by atoms with Gasteiger partial charge >= 0.3 is 7.82 Å². The summed E-state index contributed by atoms with van der Waals surface area (Å²) in [4.78, 5) is 9.89. The average molecular weight is 716 g/mol. The Bertz CT molecular complexity index is 750. The van der Waals surface area contributed by atoms with Gasteiger partial charge in [-0.15, -0.1) is 0 Å². The minimum Gasteiger partial charge on any atom is -0.379 e. The lowest BCUT2D eigenvalue weighted by Gasteiger charge is -2.20. The van der Waals surface area contributed by atoms with Crippen molar-refractivity contribution in [2.75, 3.05) is 39.6 Å². The molecule has 0 aromatic heterocycles. The van der Waals surface area contributed by atoms with Gasteiger partial charge in [0.2, 0.25) is 0 Å². The molecule has 0 fully saturated rings. The number of unbranched alkanes of at least 4 members (excludes halogenated alkanes) is 24. The number of phosphoric ester groups is 1. The van der Waals surface area contributed by atoms with Gasteiger partial charge in [0, 0.05) is 19.8 Å². The molecule has 8 heteroatoms. The minimum absolute atomic E-state index is 0.0266. The monoisotopic (exact) mass is 716 g/mol. The molecule has 7 nitrogen and oxygen atoms in total. The zero-order valence-corrected chi connectivity index (χ0v) is 33.3. The third-order valence-corrected chi connectivity index (χ3v) is 9.89. The van der Waals surface area contributed by atoms with Crippen LogP contribution in [-0.4, -0.2) is 50.6 Å². The lowest BCUT2D eigenvalue weighted by molar-refractivity contribution is -0.0443. The smallest absolute Gasteiger partial charge is 0.379 e. The van der Waals surface area contributed by atoms with E-state index < -0.39 is 13.9 Å². The van der Waals surface area contributed by atoms with E-state index in [9.17, 15) is 9.46 Å². The van der Waals surface area contributed by atoms with Crippen LogP contribution in [0, 0.1) is 0 Å². The molecule has 0 heterocycles. The number of nitrogens with two attached hydrogens (primary N) is 1. The Hall–Kier alpha value is -0.530. The van der Waals surface area contributed by atoms with E-state index >= 15 is 0 Å². The molecule has 0 saturated carbocycles. The second-order valence-corrected chi connectivity index (χ2v) is 15.3. The van der Waals surface area contributed by atoms with Crippen LogP contribution in [0.15, 0.2) is 24.3 Å². The number of hydrogen-bond acceptors (Lipinski definition) is 6. The Labute approximate surface area is 304 Å². The van der Waals surface area contributed by atoms with Gasteiger partial charge in [-0.3, -0.25) is 9.05 Å². The fraction of sp³-hybridized carbons (Fsp3) is 0.902. The number of hydrogen-bond donors (Lipinski definition) is 2. The van der Waals surface area contributed by atoms with Crippen LogP contribution in [0.3, 0.4) is 0 Å². The highest BCUT2D eigenvalue weighted by Gasteiger charge is 2.23.